The van der Waals surface area contributed by atoms with E-state index in [2.05, 4.69) is 12.2 Å². The van der Waals surface area contributed by atoms with Crippen molar-refractivity contribution in [2.45, 2.75) is 44.0 Å². The third kappa shape index (κ3) is 5.19. The summed E-state index contributed by atoms with van der Waals surface area (Å²) in [5.74, 6) is 0.146. The number of amides is 2. The minimum atomic E-state index is -0.579. The lowest BCUT2D eigenvalue weighted by atomic mass is 10.2. The van der Waals surface area contributed by atoms with E-state index < -0.39 is 12.0 Å². The van der Waals surface area contributed by atoms with Crippen LogP contribution in [-0.4, -0.2) is 41.2 Å². The van der Waals surface area contributed by atoms with Gasteiger partial charge in [0.1, 0.15) is 6.04 Å². The number of hydrogen-bond acceptors (Lipinski definition) is 4. The number of rotatable bonds is 6. The Labute approximate surface area is 162 Å². The van der Waals surface area contributed by atoms with E-state index in [0.29, 0.717) is 21.5 Å². The topological polar surface area (TPSA) is 58.6 Å². The minimum absolute atomic E-state index is 0.0431. The fourth-order valence-electron chi connectivity index (χ4n) is 2.71. The molecule has 2 atom stereocenters. The van der Waals surface area contributed by atoms with Gasteiger partial charge in [-0.2, -0.15) is 0 Å². The maximum absolute atomic E-state index is 12.8. The number of halogens is 2. The van der Waals surface area contributed by atoms with Gasteiger partial charge in [0.05, 0.1) is 22.5 Å². The lowest BCUT2D eigenvalue weighted by Crippen LogP contribution is -2.48. The first-order chi connectivity index (χ1) is 12.0. The first-order valence-corrected chi connectivity index (χ1v) is 10.0. The van der Waals surface area contributed by atoms with Gasteiger partial charge < -0.3 is 10.1 Å². The molecule has 0 spiro atoms. The lowest BCUT2D eigenvalue weighted by molar-refractivity contribution is -0.144. The number of esters is 1. The number of anilines is 1. The zero-order valence-corrected chi connectivity index (χ0v) is 16.6. The van der Waals surface area contributed by atoms with Gasteiger partial charge >= 0.3 is 12.0 Å². The number of benzene rings is 1. The second-order valence-electron chi connectivity index (χ2n) is 5.79. The molecule has 1 aliphatic heterocycles. The third-order valence-corrected chi connectivity index (χ3v) is 6.12. The maximum atomic E-state index is 12.8. The Hall–Kier alpha value is -1.11. The van der Waals surface area contributed by atoms with Gasteiger partial charge in [-0.15, -0.1) is 11.8 Å². The Balaban J connectivity index is 2.13. The van der Waals surface area contributed by atoms with Gasteiger partial charge in [-0.25, -0.2) is 9.59 Å². The quantitative estimate of drug-likeness (QED) is 0.533. The third-order valence-electron chi connectivity index (χ3n) is 4.03. The van der Waals surface area contributed by atoms with Crippen LogP contribution < -0.4 is 5.32 Å². The Morgan fingerprint density at radius 1 is 1.32 bits per heavy atom. The largest absolute Gasteiger partial charge is 0.467 e. The number of carbonyl (C=O) groups excluding carboxylic acids is 2. The van der Waals surface area contributed by atoms with Crippen LogP contribution in [0.15, 0.2) is 18.2 Å². The van der Waals surface area contributed by atoms with Gasteiger partial charge in [-0.1, -0.05) is 49.4 Å². The number of unbranched alkanes of at least 4 members (excludes halogenated alkanes) is 2. The minimum Gasteiger partial charge on any atom is -0.467 e. The van der Waals surface area contributed by atoms with Crippen LogP contribution in [0.25, 0.3) is 0 Å². The van der Waals surface area contributed by atoms with E-state index in [4.69, 9.17) is 27.9 Å². The lowest BCUT2D eigenvalue weighted by Gasteiger charge is -2.28. The summed E-state index contributed by atoms with van der Waals surface area (Å²) in [6.45, 7) is 2.13. The van der Waals surface area contributed by atoms with Crippen molar-refractivity contribution >= 4 is 52.7 Å². The fourth-order valence-corrected chi connectivity index (χ4v) is 4.44. The van der Waals surface area contributed by atoms with Crippen LogP contribution in [-0.2, 0) is 9.53 Å². The molecule has 1 aromatic rings. The van der Waals surface area contributed by atoms with Crippen molar-refractivity contribution in [1.29, 1.82) is 0 Å². The molecular formula is C17H22Cl2N2O3S. The molecule has 1 fully saturated rings. The first-order valence-electron chi connectivity index (χ1n) is 8.21. The van der Waals surface area contributed by atoms with E-state index in [9.17, 15) is 9.59 Å². The number of nitrogens with zero attached hydrogens (tertiary/aromatic N) is 1. The van der Waals surface area contributed by atoms with E-state index in [-0.39, 0.29) is 11.4 Å². The van der Waals surface area contributed by atoms with Crippen LogP contribution in [0.1, 0.15) is 32.6 Å². The van der Waals surface area contributed by atoms with Crippen molar-refractivity contribution in [2.24, 2.45) is 0 Å². The monoisotopic (exact) mass is 404 g/mol. The zero-order chi connectivity index (χ0) is 18.4. The van der Waals surface area contributed by atoms with Crippen molar-refractivity contribution in [2.75, 3.05) is 18.2 Å². The van der Waals surface area contributed by atoms with Crippen molar-refractivity contribution < 1.29 is 14.3 Å². The summed E-state index contributed by atoms with van der Waals surface area (Å²) in [5.41, 5.74) is 0.534. The molecule has 0 aliphatic carbocycles. The molecule has 2 unspecified atom stereocenters. The number of nitrogens with one attached hydrogen (secondary N) is 1. The Bertz CT molecular complexity index is 630. The molecule has 138 valence electrons. The highest BCUT2D eigenvalue weighted by Gasteiger charge is 2.42. The highest BCUT2D eigenvalue weighted by molar-refractivity contribution is 8.00. The van der Waals surface area contributed by atoms with Gasteiger partial charge in [0.2, 0.25) is 0 Å². The molecule has 0 bridgehead atoms. The average Bonchev–Trinajstić information content (AvgIpc) is 3.01. The van der Waals surface area contributed by atoms with E-state index in [0.717, 1.165) is 25.7 Å². The normalized spacial score (nSPS) is 19.8. The Morgan fingerprint density at radius 2 is 2.08 bits per heavy atom. The smallest absolute Gasteiger partial charge is 0.329 e. The van der Waals surface area contributed by atoms with Crippen LogP contribution in [0.2, 0.25) is 10.0 Å². The standard InChI is InChI=1S/C17H22Cl2N2O3S/c1-3-4-5-6-15-21(14(10-25-15)16(22)24-2)17(23)20-11-7-8-12(18)13(19)9-11/h7-9,14-15H,3-6,10H2,1-2H3,(H,20,23). The molecule has 0 aromatic heterocycles. The summed E-state index contributed by atoms with van der Waals surface area (Å²) in [4.78, 5) is 26.5. The molecule has 5 nitrogen and oxygen atoms in total. The SMILES string of the molecule is CCCCCC1SCC(C(=O)OC)N1C(=O)Nc1ccc(Cl)c(Cl)c1. The van der Waals surface area contributed by atoms with Gasteiger partial charge in [0, 0.05) is 11.4 Å². The number of ether oxygens (including phenoxy) is 1. The van der Waals surface area contributed by atoms with E-state index >= 15 is 0 Å². The molecule has 2 rings (SSSR count). The van der Waals surface area contributed by atoms with Crippen molar-refractivity contribution in [3.8, 4) is 0 Å². The van der Waals surface area contributed by atoms with Gasteiger partial charge in [-0.05, 0) is 24.6 Å². The van der Waals surface area contributed by atoms with E-state index in [1.807, 2.05) is 0 Å². The number of thioether (sulfide) groups is 1. The summed E-state index contributed by atoms with van der Waals surface area (Å²) < 4.78 is 4.86. The van der Waals surface area contributed by atoms with Gasteiger partial charge in [-0.3, -0.25) is 4.90 Å². The van der Waals surface area contributed by atoms with Crippen LogP contribution in [0.5, 0.6) is 0 Å². The number of methoxy groups -OCH3 is 1. The Morgan fingerprint density at radius 3 is 2.72 bits per heavy atom. The first kappa shape index (κ1) is 20.2. The predicted molar refractivity (Wildman–Crippen MR) is 104 cm³/mol. The molecule has 1 N–H and O–H groups in total. The molecule has 0 radical (unpaired) electrons. The summed E-state index contributed by atoms with van der Waals surface area (Å²) >= 11 is 13.5. The van der Waals surface area contributed by atoms with Crippen LogP contribution in [0, 0.1) is 0 Å². The van der Waals surface area contributed by atoms with Crippen molar-refractivity contribution in [3.63, 3.8) is 0 Å². The molecule has 2 amide bonds. The summed E-state index contributed by atoms with van der Waals surface area (Å²) in [7, 11) is 1.34. The van der Waals surface area contributed by atoms with Crippen LogP contribution in [0.4, 0.5) is 10.5 Å². The number of hydrogen-bond donors (Lipinski definition) is 1. The predicted octanol–water partition coefficient (Wildman–Crippen LogP) is 5.02. The van der Waals surface area contributed by atoms with Crippen molar-refractivity contribution in [1.82, 2.24) is 4.90 Å². The fraction of sp³-hybridized carbons (Fsp3) is 0.529. The number of urea groups is 1. The van der Waals surface area contributed by atoms with Crippen molar-refractivity contribution in [3.05, 3.63) is 28.2 Å². The highest BCUT2D eigenvalue weighted by atomic mass is 35.5. The Kier molecular flexibility index (Phi) is 7.72. The molecule has 25 heavy (non-hydrogen) atoms. The van der Waals surface area contributed by atoms with Gasteiger partial charge in [0.25, 0.3) is 0 Å². The molecule has 8 heteroatoms. The second kappa shape index (κ2) is 9.55. The average molecular weight is 405 g/mol. The number of carbonyl (C=O) groups is 2. The van der Waals surface area contributed by atoms with Crippen LogP contribution >= 0.6 is 35.0 Å². The van der Waals surface area contributed by atoms with Gasteiger partial charge in [0.15, 0.2) is 0 Å². The molecule has 0 saturated carbocycles. The zero-order valence-electron chi connectivity index (χ0n) is 14.3. The molecular weight excluding hydrogens is 383 g/mol. The summed E-state index contributed by atoms with van der Waals surface area (Å²) in [6, 6.07) is 3.97. The molecule has 1 heterocycles. The van der Waals surface area contributed by atoms with E-state index in [1.54, 1.807) is 34.9 Å². The molecule has 1 aliphatic rings. The second-order valence-corrected chi connectivity index (χ2v) is 7.81. The maximum Gasteiger partial charge on any atom is 0.329 e. The van der Waals surface area contributed by atoms with E-state index in [1.165, 1.54) is 7.11 Å². The molecule has 1 saturated heterocycles. The summed E-state index contributed by atoms with van der Waals surface area (Å²) in [5, 5.41) is 3.54. The highest BCUT2D eigenvalue weighted by Crippen LogP contribution is 2.34. The summed E-state index contributed by atoms with van der Waals surface area (Å²) in [6.07, 6.45) is 4.06. The molecule has 1 aromatic carbocycles. The van der Waals surface area contributed by atoms with Crippen LogP contribution in [0.3, 0.4) is 0 Å².